The summed E-state index contributed by atoms with van der Waals surface area (Å²) in [6, 6.07) is 11.7. The second-order valence-electron chi connectivity index (χ2n) is 11.4. The summed E-state index contributed by atoms with van der Waals surface area (Å²) in [4.78, 5) is 28.5. The van der Waals surface area contributed by atoms with Crippen LogP contribution in [0.5, 0.6) is 5.75 Å². The van der Waals surface area contributed by atoms with E-state index in [1.807, 2.05) is 44.2 Å². The third-order valence-electron chi connectivity index (χ3n) is 8.77. The van der Waals surface area contributed by atoms with Gasteiger partial charge in [-0.2, -0.15) is 0 Å². The van der Waals surface area contributed by atoms with E-state index < -0.39 is 29.3 Å². The highest BCUT2D eigenvalue weighted by Crippen LogP contribution is 2.46. The summed E-state index contributed by atoms with van der Waals surface area (Å²) < 4.78 is 11.7. The predicted octanol–water partition coefficient (Wildman–Crippen LogP) is 4.14. The zero-order chi connectivity index (χ0) is 28.1. The summed E-state index contributed by atoms with van der Waals surface area (Å²) in [5, 5.41) is 26.1. The lowest BCUT2D eigenvalue weighted by Gasteiger charge is -2.44. The van der Waals surface area contributed by atoms with Crippen LogP contribution in [-0.4, -0.2) is 52.1 Å². The maximum atomic E-state index is 13.6. The number of fused-ring (bicyclic) bond motifs is 2. The van der Waals surface area contributed by atoms with Gasteiger partial charge in [-0.1, -0.05) is 38.1 Å². The number of benzene rings is 2. The van der Waals surface area contributed by atoms with E-state index in [0.29, 0.717) is 29.7 Å². The smallest absolute Gasteiger partial charge is 0.251 e. The highest BCUT2D eigenvalue weighted by atomic mass is 16.5. The Hall–Kier alpha value is -3.43. The quantitative estimate of drug-likeness (QED) is 0.442. The van der Waals surface area contributed by atoms with Crippen molar-refractivity contribution >= 4 is 17.8 Å². The number of amides is 2. The SMILES string of the molecule is CCC1(CC)CC(=O)N([C@H]2C[C@@H](OC)c3ccc(C(=O)N[C@@H]4c5ccccc5OC(C)(C)[C@H]4O)cc32)C(=N)N1. The van der Waals surface area contributed by atoms with Gasteiger partial charge in [0.15, 0.2) is 5.96 Å². The number of aliphatic hydroxyl groups excluding tert-OH is 1. The minimum Gasteiger partial charge on any atom is -0.485 e. The van der Waals surface area contributed by atoms with Crippen molar-refractivity contribution < 1.29 is 24.2 Å². The first-order chi connectivity index (χ1) is 18.5. The van der Waals surface area contributed by atoms with Crippen molar-refractivity contribution in [2.24, 2.45) is 0 Å². The highest BCUT2D eigenvalue weighted by molar-refractivity contribution is 6.00. The molecule has 4 atom stereocenters. The lowest BCUT2D eigenvalue weighted by atomic mass is 9.86. The predicted molar refractivity (Wildman–Crippen MR) is 147 cm³/mol. The Balaban J connectivity index is 1.45. The first-order valence-electron chi connectivity index (χ1n) is 13.7. The molecule has 1 fully saturated rings. The number of carbonyl (C=O) groups is 2. The van der Waals surface area contributed by atoms with Crippen molar-refractivity contribution in [2.45, 2.75) is 88.8 Å². The molecule has 3 aliphatic rings. The van der Waals surface area contributed by atoms with E-state index in [1.54, 1.807) is 33.1 Å². The van der Waals surface area contributed by atoms with Crippen LogP contribution >= 0.6 is 0 Å². The normalized spacial score (nSPS) is 26.8. The Labute approximate surface area is 229 Å². The molecule has 0 unspecified atom stereocenters. The molecule has 2 aromatic carbocycles. The summed E-state index contributed by atoms with van der Waals surface area (Å²) in [5.41, 5.74) is 1.51. The van der Waals surface area contributed by atoms with Crippen molar-refractivity contribution in [1.82, 2.24) is 15.5 Å². The summed E-state index contributed by atoms with van der Waals surface area (Å²) in [6.07, 6.45) is 1.08. The molecule has 39 heavy (non-hydrogen) atoms. The number of rotatable bonds is 6. The molecule has 2 amide bonds. The Morgan fingerprint density at radius 1 is 1.18 bits per heavy atom. The number of methoxy groups -OCH3 is 1. The largest absolute Gasteiger partial charge is 0.485 e. The van der Waals surface area contributed by atoms with Gasteiger partial charge >= 0.3 is 0 Å². The van der Waals surface area contributed by atoms with Crippen molar-refractivity contribution in [3.8, 4) is 5.75 Å². The van der Waals surface area contributed by atoms with E-state index in [-0.39, 0.29) is 23.9 Å². The zero-order valence-electron chi connectivity index (χ0n) is 23.2. The van der Waals surface area contributed by atoms with Gasteiger partial charge in [0.25, 0.3) is 5.91 Å². The summed E-state index contributed by atoms with van der Waals surface area (Å²) in [7, 11) is 1.63. The van der Waals surface area contributed by atoms with Crippen molar-refractivity contribution in [2.75, 3.05) is 7.11 Å². The maximum Gasteiger partial charge on any atom is 0.251 e. The maximum absolute atomic E-state index is 13.6. The Morgan fingerprint density at radius 2 is 1.90 bits per heavy atom. The molecule has 2 heterocycles. The molecular formula is C30H38N4O5. The third kappa shape index (κ3) is 4.57. The third-order valence-corrected chi connectivity index (χ3v) is 8.77. The average molecular weight is 535 g/mol. The molecule has 2 aromatic rings. The number of hydrogen-bond acceptors (Lipinski definition) is 6. The first kappa shape index (κ1) is 27.1. The van der Waals surface area contributed by atoms with Crippen LogP contribution in [0.25, 0.3) is 0 Å². The first-order valence-corrected chi connectivity index (χ1v) is 13.7. The van der Waals surface area contributed by atoms with Crippen LogP contribution in [0.1, 0.15) is 98.6 Å². The Kier molecular flexibility index (Phi) is 6.93. The van der Waals surface area contributed by atoms with E-state index in [9.17, 15) is 14.7 Å². The van der Waals surface area contributed by atoms with Gasteiger partial charge in [-0.25, -0.2) is 0 Å². The molecule has 208 valence electrons. The van der Waals surface area contributed by atoms with E-state index >= 15 is 0 Å². The van der Waals surface area contributed by atoms with Gasteiger partial charge in [0.1, 0.15) is 17.5 Å². The molecule has 0 spiro atoms. The van der Waals surface area contributed by atoms with Crippen LogP contribution in [0.2, 0.25) is 0 Å². The monoisotopic (exact) mass is 534 g/mol. The lowest BCUT2D eigenvalue weighted by Crippen LogP contribution is -2.62. The fourth-order valence-electron chi connectivity index (χ4n) is 6.21. The number of guanidine groups is 1. The van der Waals surface area contributed by atoms with Crippen LogP contribution in [-0.2, 0) is 9.53 Å². The van der Waals surface area contributed by atoms with Crippen LogP contribution in [0.4, 0.5) is 0 Å². The van der Waals surface area contributed by atoms with Gasteiger partial charge in [0.2, 0.25) is 5.91 Å². The number of para-hydroxylation sites is 1. The fourth-order valence-corrected chi connectivity index (χ4v) is 6.21. The zero-order valence-corrected chi connectivity index (χ0v) is 23.2. The van der Waals surface area contributed by atoms with E-state index in [4.69, 9.17) is 14.9 Å². The average Bonchev–Trinajstić information content (AvgIpc) is 3.28. The minimum atomic E-state index is -0.966. The van der Waals surface area contributed by atoms with Gasteiger partial charge in [-0.05, 0) is 56.0 Å². The highest BCUT2D eigenvalue weighted by Gasteiger charge is 2.46. The second kappa shape index (κ2) is 9.95. The van der Waals surface area contributed by atoms with Crippen LogP contribution in [0.15, 0.2) is 42.5 Å². The van der Waals surface area contributed by atoms with E-state index in [2.05, 4.69) is 10.6 Å². The fraction of sp³-hybridized carbons (Fsp3) is 0.500. The molecule has 5 rings (SSSR count). The van der Waals surface area contributed by atoms with Gasteiger partial charge in [0, 0.05) is 30.2 Å². The molecule has 0 aromatic heterocycles. The molecule has 1 saturated heterocycles. The number of aliphatic hydroxyl groups is 1. The summed E-state index contributed by atoms with van der Waals surface area (Å²) in [6.45, 7) is 7.64. The molecular weight excluding hydrogens is 496 g/mol. The Morgan fingerprint density at radius 3 is 2.56 bits per heavy atom. The van der Waals surface area contributed by atoms with Crippen LogP contribution < -0.4 is 15.4 Å². The van der Waals surface area contributed by atoms with Crippen molar-refractivity contribution in [3.05, 3.63) is 64.7 Å². The van der Waals surface area contributed by atoms with Crippen LogP contribution in [0, 0.1) is 5.41 Å². The molecule has 9 heteroatoms. The van der Waals surface area contributed by atoms with Crippen molar-refractivity contribution in [1.29, 1.82) is 5.41 Å². The number of nitrogens with zero attached hydrogens (tertiary/aromatic N) is 1. The number of hydrogen-bond donors (Lipinski definition) is 4. The molecule has 0 radical (unpaired) electrons. The molecule has 0 bridgehead atoms. The second-order valence-corrected chi connectivity index (χ2v) is 11.4. The van der Waals surface area contributed by atoms with Gasteiger partial charge in [-0.15, -0.1) is 0 Å². The van der Waals surface area contributed by atoms with Gasteiger partial charge in [-0.3, -0.25) is 19.9 Å². The lowest BCUT2D eigenvalue weighted by molar-refractivity contribution is -0.133. The number of ether oxygens (including phenoxy) is 2. The molecule has 9 nitrogen and oxygen atoms in total. The topological polar surface area (TPSA) is 124 Å². The summed E-state index contributed by atoms with van der Waals surface area (Å²) in [5.74, 6) is 0.263. The van der Waals surface area contributed by atoms with Crippen molar-refractivity contribution in [3.63, 3.8) is 0 Å². The minimum absolute atomic E-state index is 0.0849. The van der Waals surface area contributed by atoms with E-state index in [0.717, 1.165) is 24.0 Å². The summed E-state index contributed by atoms with van der Waals surface area (Å²) >= 11 is 0. The standard InChI is InChI=1S/C30H38N4O5/c1-6-30(7-2)16-24(35)34(28(31)33-30)21-15-23(38-5)18-13-12-17(14-20(18)21)27(37)32-25-19-10-8-9-11-22(19)39-29(3,4)26(25)36/h8-14,21,23,25-26,36H,6-7,15-16H2,1-5H3,(H2,31,33)(H,32,37)/t21-,23+,25+,26-/m0/s1. The van der Waals surface area contributed by atoms with Gasteiger partial charge in [0.05, 0.1) is 24.6 Å². The number of carbonyl (C=O) groups excluding carboxylic acids is 2. The molecule has 4 N–H and O–H groups in total. The molecule has 1 aliphatic carbocycles. The van der Waals surface area contributed by atoms with E-state index in [1.165, 1.54) is 4.90 Å². The van der Waals surface area contributed by atoms with Gasteiger partial charge < -0.3 is 25.2 Å². The Bertz CT molecular complexity index is 1280. The number of nitrogens with one attached hydrogen (secondary N) is 3. The molecule has 0 saturated carbocycles. The molecule has 2 aliphatic heterocycles. The van der Waals surface area contributed by atoms with Crippen LogP contribution in [0.3, 0.4) is 0 Å².